The van der Waals surface area contributed by atoms with Gasteiger partial charge in [0.05, 0.1) is 11.1 Å². The van der Waals surface area contributed by atoms with Crippen LogP contribution in [0.2, 0.25) is 0 Å². The van der Waals surface area contributed by atoms with Crippen molar-refractivity contribution in [1.82, 2.24) is 4.98 Å². The third kappa shape index (κ3) is 2.67. The predicted octanol–water partition coefficient (Wildman–Crippen LogP) is 4.17. The zero-order chi connectivity index (χ0) is 15.7. The SMILES string of the molecule is N#Cc1cc(-c2cccc(C(F)(F)F)c2)[nH]c1N1CCCC1. The first-order valence-electron chi connectivity index (χ1n) is 7.05. The van der Waals surface area contributed by atoms with Gasteiger partial charge in [-0.15, -0.1) is 0 Å². The molecule has 2 aromatic rings. The van der Waals surface area contributed by atoms with Crippen molar-refractivity contribution in [3.8, 4) is 17.3 Å². The van der Waals surface area contributed by atoms with E-state index in [0.717, 1.165) is 38.1 Å². The Labute approximate surface area is 126 Å². The number of hydrogen-bond acceptors (Lipinski definition) is 2. The highest BCUT2D eigenvalue weighted by molar-refractivity contribution is 5.70. The second-order valence-corrected chi connectivity index (χ2v) is 5.33. The maximum atomic E-state index is 12.8. The largest absolute Gasteiger partial charge is 0.416 e. The Morgan fingerprint density at radius 3 is 2.50 bits per heavy atom. The second-order valence-electron chi connectivity index (χ2n) is 5.33. The van der Waals surface area contributed by atoms with Gasteiger partial charge < -0.3 is 9.88 Å². The minimum Gasteiger partial charge on any atom is -0.357 e. The van der Waals surface area contributed by atoms with Crippen LogP contribution < -0.4 is 4.90 Å². The average Bonchev–Trinajstić information content (AvgIpc) is 3.15. The monoisotopic (exact) mass is 305 g/mol. The van der Waals surface area contributed by atoms with Crippen molar-refractivity contribution >= 4 is 5.82 Å². The van der Waals surface area contributed by atoms with Gasteiger partial charge in [-0.2, -0.15) is 18.4 Å². The Kier molecular flexibility index (Phi) is 3.57. The van der Waals surface area contributed by atoms with E-state index in [1.54, 1.807) is 12.1 Å². The third-order valence-corrected chi connectivity index (χ3v) is 3.84. The van der Waals surface area contributed by atoms with E-state index in [9.17, 15) is 18.4 Å². The van der Waals surface area contributed by atoms with Crippen LogP contribution in [0.5, 0.6) is 0 Å². The van der Waals surface area contributed by atoms with Gasteiger partial charge in [-0.1, -0.05) is 12.1 Å². The standard InChI is InChI=1S/C16H14F3N3/c17-16(18,19)13-5-3-4-11(8-13)14-9-12(10-20)15(21-14)22-6-1-2-7-22/h3-5,8-9,21H,1-2,6-7H2. The summed E-state index contributed by atoms with van der Waals surface area (Å²) in [7, 11) is 0. The molecule has 6 heteroatoms. The molecule has 1 aliphatic rings. The molecule has 1 aromatic carbocycles. The number of halogens is 3. The zero-order valence-electron chi connectivity index (χ0n) is 11.7. The van der Waals surface area contributed by atoms with Crippen LogP contribution in [0.4, 0.5) is 19.0 Å². The molecule has 1 N–H and O–H groups in total. The van der Waals surface area contributed by atoms with Crippen molar-refractivity contribution in [1.29, 1.82) is 5.26 Å². The molecular weight excluding hydrogens is 291 g/mol. The predicted molar refractivity (Wildman–Crippen MR) is 77.4 cm³/mol. The van der Waals surface area contributed by atoms with Crippen molar-refractivity contribution in [2.24, 2.45) is 0 Å². The molecular formula is C16H14F3N3. The normalized spacial score (nSPS) is 15.1. The second kappa shape index (κ2) is 5.41. The minimum absolute atomic E-state index is 0.428. The van der Waals surface area contributed by atoms with Gasteiger partial charge in [-0.05, 0) is 36.6 Å². The van der Waals surface area contributed by atoms with Gasteiger partial charge in [0.2, 0.25) is 0 Å². The fourth-order valence-corrected chi connectivity index (χ4v) is 2.74. The Balaban J connectivity index is 2.01. The number of rotatable bonds is 2. The summed E-state index contributed by atoms with van der Waals surface area (Å²) in [5.74, 6) is 0.701. The van der Waals surface area contributed by atoms with Crippen LogP contribution in [0.25, 0.3) is 11.3 Å². The van der Waals surface area contributed by atoms with Crippen LogP contribution in [0, 0.1) is 11.3 Å². The molecule has 0 amide bonds. The number of hydrogen-bond donors (Lipinski definition) is 1. The number of benzene rings is 1. The summed E-state index contributed by atoms with van der Waals surface area (Å²) >= 11 is 0. The fourth-order valence-electron chi connectivity index (χ4n) is 2.74. The molecule has 114 valence electrons. The smallest absolute Gasteiger partial charge is 0.357 e. The number of H-pyrrole nitrogens is 1. The highest BCUT2D eigenvalue weighted by Crippen LogP contribution is 2.34. The Bertz CT molecular complexity index is 719. The quantitative estimate of drug-likeness (QED) is 0.904. The lowest BCUT2D eigenvalue weighted by Crippen LogP contribution is -2.18. The van der Waals surface area contributed by atoms with Crippen molar-refractivity contribution in [2.45, 2.75) is 19.0 Å². The lowest BCUT2D eigenvalue weighted by atomic mass is 10.1. The summed E-state index contributed by atoms with van der Waals surface area (Å²) in [6.45, 7) is 1.72. The first-order chi connectivity index (χ1) is 10.5. The van der Waals surface area contributed by atoms with Gasteiger partial charge in [0, 0.05) is 18.8 Å². The number of alkyl halides is 3. The van der Waals surface area contributed by atoms with E-state index in [2.05, 4.69) is 16.0 Å². The molecule has 2 heterocycles. The number of anilines is 1. The highest BCUT2D eigenvalue weighted by Gasteiger charge is 2.30. The first kappa shape index (κ1) is 14.5. The van der Waals surface area contributed by atoms with Gasteiger partial charge in [0.25, 0.3) is 0 Å². The molecule has 3 nitrogen and oxygen atoms in total. The molecule has 1 aliphatic heterocycles. The summed E-state index contributed by atoms with van der Waals surface area (Å²) in [6, 6.07) is 8.85. The van der Waals surface area contributed by atoms with Crippen LogP contribution in [0.15, 0.2) is 30.3 Å². The van der Waals surface area contributed by atoms with E-state index in [-0.39, 0.29) is 0 Å². The van der Waals surface area contributed by atoms with E-state index < -0.39 is 11.7 Å². The van der Waals surface area contributed by atoms with Crippen molar-refractivity contribution in [3.05, 3.63) is 41.5 Å². The molecule has 0 unspecified atom stereocenters. The summed E-state index contributed by atoms with van der Waals surface area (Å²) in [4.78, 5) is 5.17. The third-order valence-electron chi connectivity index (χ3n) is 3.84. The van der Waals surface area contributed by atoms with Gasteiger partial charge >= 0.3 is 6.18 Å². The summed E-state index contributed by atoms with van der Waals surface area (Å²) < 4.78 is 38.4. The van der Waals surface area contributed by atoms with Crippen molar-refractivity contribution < 1.29 is 13.2 Å². The van der Waals surface area contributed by atoms with Crippen LogP contribution in [-0.4, -0.2) is 18.1 Å². The van der Waals surface area contributed by atoms with E-state index in [0.29, 0.717) is 22.6 Å². The van der Waals surface area contributed by atoms with Crippen molar-refractivity contribution in [2.75, 3.05) is 18.0 Å². The van der Waals surface area contributed by atoms with Gasteiger partial charge in [-0.3, -0.25) is 0 Å². The molecule has 0 bridgehead atoms. The van der Waals surface area contributed by atoms with Crippen LogP contribution in [-0.2, 0) is 6.18 Å². The Morgan fingerprint density at radius 2 is 1.86 bits per heavy atom. The molecule has 1 saturated heterocycles. The number of nitrogens with zero attached hydrogens (tertiary/aromatic N) is 2. The lowest BCUT2D eigenvalue weighted by molar-refractivity contribution is -0.137. The van der Waals surface area contributed by atoms with Crippen LogP contribution in [0.1, 0.15) is 24.0 Å². The maximum absolute atomic E-state index is 12.8. The summed E-state index contributed by atoms with van der Waals surface area (Å²) in [5.41, 5.74) is 0.733. The molecule has 22 heavy (non-hydrogen) atoms. The van der Waals surface area contributed by atoms with E-state index >= 15 is 0 Å². The summed E-state index contributed by atoms with van der Waals surface area (Å²) in [6.07, 6.45) is -2.26. The zero-order valence-corrected chi connectivity index (χ0v) is 11.7. The summed E-state index contributed by atoms with van der Waals surface area (Å²) in [5, 5.41) is 9.25. The molecule has 0 spiro atoms. The number of nitrogens with one attached hydrogen (secondary N) is 1. The molecule has 3 rings (SSSR count). The first-order valence-corrected chi connectivity index (χ1v) is 7.05. The molecule has 0 aliphatic carbocycles. The molecule has 0 saturated carbocycles. The van der Waals surface area contributed by atoms with Crippen molar-refractivity contribution in [3.63, 3.8) is 0 Å². The lowest BCUT2D eigenvalue weighted by Gasteiger charge is -2.15. The Hall–Kier alpha value is -2.42. The van der Waals surface area contributed by atoms with Gasteiger partial charge in [0.15, 0.2) is 0 Å². The molecule has 0 radical (unpaired) electrons. The van der Waals surface area contributed by atoms with E-state index in [1.807, 2.05) is 0 Å². The molecule has 1 fully saturated rings. The van der Waals surface area contributed by atoms with E-state index in [1.165, 1.54) is 6.07 Å². The fraction of sp³-hybridized carbons (Fsp3) is 0.312. The number of aromatic amines is 1. The van der Waals surface area contributed by atoms with Crippen LogP contribution >= 0.6 is 0 Å². The number of nitriles is 1. The number of aromatic nitrogens is 1. The minimum atomic E-state index is -4.38. The van der Waals surface area contributed by atoms with Gasteiger partial charge in [0.1, 0.15) is 11.9 Å². The van der Waals surface area contributed by atoms with Gasteiger partial charge in [-0.25, -0.2) is 0 Å². The Morgan fingerprint density at radius 1 is 1.14 bits per heavy atom. The van der Waals surface area contributed by atoms with Crippen LogP contribution in [0.3, 0.4) is 0 Å². The maximum Gasteiger partial charge on any atom is 0.416 e. The van der Waals surface area contributed by atoms with E-state index in [4.69, 9.17) is 0 Å². The highest BCUT2D eigenvalue weighted by atomic mass is 19.4. The average molecular weight is 305 g/mol. The molecule has 0 atom stereocenters. The topological polar surface area (TPSA) is 42.8 Å². The molecule has 1 aromatic heterocycles.